The van der Waals surface area contributed by atoms with Gasteiger partial charge in [-0.1, -0.05) is 13.8 Å². The molecule has 0 aliphatic rings. The molecule has 0 fully saturated rings. The van der Waals surface area contributed by atoms with Crippen LogP contribution in [0.15, 0.2) is 24.5 Å². The molecule has 8 heteroatoms. The van der Waals surface area contributed by atoms with Crippen LogP contribution in [0, 0.1) is 0 Å². The summed E-state index contributed by atoms with van der Waals surface area (Å²) in [6.07, 6.45) is 3.53. The molecular weight excluding hydrogens is 364 g/mol. The maximum Gasteiger partial charge on any atom is 0.303 e. The van der Waals surface area contributed by atoms with Gasteiger partial charge in [0.25, 0.3) is 0 Å². The number of carbonyl (C=O) groups is 1. The summed E-state index contributed by atoms with van der Waals surface area (Å²) in [5.41, 5.74) is 2.50. The molecule has 0 spiro atoms. The molecule has 0 radical (unpaired) electrons. The summed E-state index contributed by atoms with van der Waals surface area (Å²) in [6.45, 7) is 8.66. The number of anilines is 1. The SMILES string of the molecule is CCn1cc(-c2cc(C(C)C)nc(C(C)(F)F)n2)c2cc(NC(C)=O)ncc21. The monoisotopic (exact) mass is 387 g/mol. The van der Waals surface area contributed by atoms with E-state index in [1.54, 1.807) is 18.3 Å². The van der Waals surface area contributed by atoms with Crippen molar-refractivity contribution in [3.05, 3.63) is 36.0 Å². The predicted octanol–water partition coefficient (Wildman–Crippen LogP) is 4.71. The Labute approximate surface area is 162 Å². The number of nitrogens with zero attached hydrogens (tertiary/aromatic N) is 4. The van der Waals surface area contributed by atoms with Crippen molar-refractivity contribution in [1.82, 2.24) is 19.5 Å². The molecule has 6 nitrogen and oxygen atoms in total. The highest BCUT2D eigenvalue weighted by Gasteiger charge is 2.30. The number of hydrogen-bond acceptors (Lipinski definition) is 4. The van der Waals surface area contributed by atoms with Gasteiger partial charge in [-0.25, -0.2) is 15.0 Å². The number of amides is 1. The maximum absolute atomic E-state index is 14.0. The van der Waals surface area contributed by atoms with Gasteiger partial charge in [-0.2, -0.15) is 8.78 Å². The van der Waals surface area contributed by atoms with Crippen molar-refractivity contribution in [2.75, 3.05) is 5.32 Å². The van der Waals surface area contributed by atoms with Crippen LogP contribution in [0.25, 0.3) is 22.2 Å². The van der Waals surface area contributed by atoms with Gasteiger partial charge in [-0.15, -0.1) is 0 Å². The Morgan fingerprint density at radius 2 is 2.00 bits per heavy atom. The molecule has 0 aliphatic carbocycles. The standard InChI is InChI=1S/C20H23F2N5O/c1-6-27-10-14(13-7-18(24-12(4)28)23-9-17(13)27)16-8-15(11(2)3)25-19(26-16)20(5,21)22/h7-11H,6H2,1-5H3,(H,23,24,28). The molecule has 3 heterocycles. The van der Waals surface area contributed by atoms with E-state index >= 15 is 0 Å². The van der Waals surface area contributed by atoms with Crippen molar-refractivity contribution in [2.45, 2.75) is 53.0 Å². The van der Waals surface area contributed by atoms with Crippen LogP contribution in [0.2, 0.25) is 0 Å². The number of hydrogen-bond donors (Lipinski definition) is 1. The van der Waals surface area contributed by atoms with E-state index in [0.717, 1.165) is 17.8 Å². The van der Waals surface area contributed by atoms with E-state index in [1.165, 1.54) is 6.92 Å². The van der Waals surface area contributed by atoms with Crippen LogP contribution in [0.3, 0.4) is 0 Å². The van der Waals surface area contributed by atoms with Crippen molar-refractivity contribution in [1.29, 1.82) is 0 Å². The van der Waals surface area contributed by atoms with Crippen molar-refractivity contribution in [2.24, 2.45) is 0 Å². The summed E-state index contributed by atoms with van der Waals surface area (Å²) in [5, 5.41) is 3.43. The van der Waals surface area contributed by atoms with Crippen molar-refractivity contribution >= 4 is 22.6 Å². The zero-order valence-electron chi connectivity index (χ0n) is 16.5. The first-order valence-corrected chi connectivity index (χ1v) is 9.14. The molecule has 148 valence electrons. The van der Waals surface area contributed by atoms with Gasteiger partial charge in [0.05, 0.1) is 17.4 Å². The summed E-state index contributed by atoms with van der Waals surface area (Å²) in [5.74, 6) is -3.51. The molecule has 3 aromatic heterocycles. The molecule has 0 bridgehead atoms. The zero-order valence-corrected chi connectivity index (χ0v) is 16.5. The van der Waals surface area contributed by atoms with Gasteiger partial charge in [0, 0.05) is 43.2 Å². The van der Waals surface area contributed by atoms with E-state index in [9.17, 15) is 13.6 Å². The molecule has 0 saturated heterocycles. The quantitative estimate of drug-likeness (QED) is 0.688. The van der Waals surface area contributed by atoms with Gasteiger partial charge in [0.2, 0.25) is 5.91 Å². The molecule has 0 aromatic carbocycles. The van der Waals surface area contributed by atoms with Crippen LogP contribution in [0.4, 0.5) is 14.6 Å². The molecule has 0 aliphatic heterocycles. The lowest BCUT2D eigenvalue weighted by Gasteiger charge is -2.14. The van der Waals surface area contributed by atoms with Crippen LogP contribution in [-0.4, -0.2) is 25.4 Å². The second kappa shape index (κ2) is 7.26. The van der Waals surface area contributed by atoms with Gasteiger partial charge in [-0.05, 0) is 25.0 Å². The van der Waals surface area contributed by atoms with Crippen LogP contribution < -0.4 is 5.32 Å². The Morgan fingerprint density at radius 1 is 1.29 bits per heavy atom. The molecule has 28 heavy (non-hydrogen) atoms. The van der Waals surface area contributed by atoms with E-state index in [-0.39, 0.29) is 11.8 Å². The van der Waals surface area contributed by atoms with E-state index in [2.05, 4.69) is 20.3 Å². The predicted molar refractivity (Wildman–Crippen MR) is 104 cm³/mol. The third-order valence-electron chi connectivity index (χ3n) is 4.42. The van der Waals surface area contributed by atoms with Crippen molar-refractivity contribution in [3.63, 3.8) is 0 Å². The third-order valence-corrected chi connectivity index (χ3v) is 4.42. The fraction of sp³-hybridized carbons (Fsp3) is 0.400. The molecule has 1 amide bonds. The van der Waals surface area contributed by atoms with Crippen LogP contribution in [-0.2, 0) is 17.3 Å². The van der Waals surface area contributed by atoms with E-state index in [1.807, 2.05) is 31.5 Å². The van der Waals surface area contributed by atoms with Crippen LogP contribution >= 0.6 is 0 Å². The lowest BCUT2D eigenvalue weighted by atomic mass is 10.1. The molecule has 1 N–H and O–H groups in total. The number of aromatic nitrogens is 4. The number of aryl methyl sites for hydroxylation is 1. The zero-order chi connectivity index (χ0) is 20.6. The van der Waals surface area contributed by atoms with Gasteiger partial charge in [-0.3, -0.25) is 4.79 Å². The third kappa shape index (κ3) is 3.85. The minimum absolute atomic E-state index is 0.0287. The Hall–Kier alpha value is -2.90. The van der Waals surface area contributed by atoms with E-state index in [0.29, 0.717) is 29.3 Å². The average Bonchev–Trinajstić information content (AvgIpc) is 2.98. The topological polar surface area (TPSA) is 72.7 Å². The summed E-state index contributed by atoms with van der Waals surface area (Å²) >= 11 is 0. The number of pyridine rings is 1. The Kier molecular flexibility index (Phi) is 5.14. The second-order valence-corrected chi connectivity index (χ2v) is 7.14. The lowest BCUT2D eigenvalue weighted by Crippen LogP contribution is -2.15. The van der Waals surface area contributed by atoms with Gasteiger partial charge in [0.1, 0.15) is 5.82 Å². The summed E-state index contributed by atoms with van der Waals surface area (Å²) < 4.78 is 30.0. The number of alkyl halides is 2. The van der Waals surface area contributed by atoms with Crippen LogP contribution in [0.1, 0.15) is 52.1 Å². The largest absolute Gasteiger partial charge is 0.346 e. The smallest absolute Gasteiger partial charge is 0.303 e. The molecular formula is C20H23F2N5O. The highest BCUT2D eigenvalue weighted by Crippen LogP contribution is 2.34. The molecule has 0 atom stereocenters. The normalized spacial score (nSPS) is 12.0. The first-order chi connectivity index (χ1) is 13.1. The number of carbonyl (C=O) groups excluding carboxylic acids is 1. The second-order valence-electron chi connectivity index (χ2n) is 7.14. The Bertz CT molecular complexity index is 1040. The summed E-state index contributed by atoms with van der Waals surface area (Å²) in [6, 6.07) is 3.48. The van der Waals surface area contributed by atoms with E-state index in [4.69, 9.17) is 0 Å². The molecule has 3 aromatic rings. The summed E-state index contributed by atoms with van der Waals surface area (Å²) in [4.78, 5) is 23.9. The minimum Gasteiger partial charge on any atom is -0.346 e. The van der Waals surface area contributed by atoms with Crippen molar-refractivity contribution < 1.29 is 13.6 Å². The fourth-order valence-electron chi connectivity index (χ4n) is 3.00. The van der Waals surface area contributed by atoms with Crippen LogP contribution in [0.5, 0.6) is 0 Å². The Balaban J connectivity index is 2.27. The van der Waals surface area contributed by atoms with E-state index < -0.39 is 11.7 Å². The average molecular weight is 387 g/mol. The molecule has 3 rings (SSSR count). The minimum atomic E-state index is -3.15. The molecule has 0 unspecified atom stereocenters. The molecule has 0 saturated carbocycles. The van der Waals surface area contributed by atoms with Crippen molar-refractivity contribution in [3.8, 4) is 11.3 Å². The van der Waals surface area contributed by atoms with Gasteiger partial charge < -0.3 is 9.88 Å². The number of rotatable bonds is 5. The highest BCUT2D eigenvalue weighted by molar-refractivity contribution is 5.98. The number of fused-ring (bicyclic) bond motifs is 1. The number of nitrogens with one attached hydrogen (secondary N) is 1. The lowest BCUT2D eigenvalue weighted by molar-refractivity contribution is -0.114. The Morgan fingerprint density at radius 3 is 2.57 bits per heavy atom. The number of halogens is 2. The maximum atomic E-state index is 14.0. The fourth-order valence-corrected chi connectivity index (χ4v) is 3.00. The van der Waals surface area contributed by atoms with Gasteiger partial charge in [0.15, 0.2) is 5.82 Å². The highest BCUT2D eigenvalue weighted by atomic mass is 19.3. The summed E-state index contributed by atoms with van der Waals surface area (Å²) in [7, 11) is 0. The van der Waals surface area contributed by atoms with Gasteiger partial charge >= 0.3 is 5.92 Å². The first kappa shape index (κ1) is 19.9. The first-order valence-electron chi connectivity index (χ1n) is 9.14.